The van der Waals surface area contributed by atoms with Gasteiger partial charge in [-0.3, -0.25) is 9.69 Å². The second-order valence-electron chi connectivity index (χ2n) is 5.84. The first-order valence-corrected chi connectivity index (χ1v) is 8.88. The zero-order valence-electron chi connectivity index (χ0n) is 12.2. The number of rotatable bonds is 2. The molecule has 1 unspecified atom stereocenters. The predicted molar refractivity (Wildman–Crippen MR) is 90.5 cm³/mol. The average Bonchev–Trinajstić information content (AvgIpc) is 3.09. The largest absolute Gasteiger partial charge is 0.325 e. The first kappa shape index (κ1) is 14.8. The predicted octanol–water partition coefficient (Wildman–Crippen LogP) is 2.82. The third kappa shape index (κ3) is 2.37. The molecule has 2 aromatic rings. The second kappa shape index (κ2) is 5.39. The van der Waals surface area contributed by atoms with E-state index in [1.54, 1.807) is 11.8 Å². The number of carbonyl (C=O) groups excluding carboxylic acids is 2. The van der Waals surface area contributed by atoms with E-state index >= 15 is 0 Å². The Hall–Kier alpha value is -1.79. The summed E-state index contributed by atoms with van der Waals surface area (Å²) in [5, 5.41) is 4.12. The van der Waals surface area contributed by atoms with Gasteiger partial charge >= 0.3 is 6.03 Å². The number of aromatic nitrogens is 1. The molecule has 7 heteroatoms. The standard InChI is InChI=1S/C16H14ClN3O2S/c17-13-11(7-10-3-1-2-4-12(10)18-13)8-20-14(21)16(19-15(20)22)5-6-23-9-16/h1-4,7H,5-6,8-9H2,(H,19,22). The number of benzene rings is 1. The van der Waals surface area contributed by atoms with Gasteiger partial charge in [-0.25, -0.2) is 9.78 Å². The smallest absolute Gasteiger partial charge is 0.322 e. The fraction of sp³-hybridized carbons (Fsp3) is 0.312. The number of nitrogens with zero attached hydrogens (tertiary/aromatic N) is 2. The van der Waals surface area contributed by atoms with E-state index in [-0.39, 0.29) is 18.5 Å². The number of fused-ring (bicyclic) bond motifs is 1. The number of thioether (sulfide) groups is 1. The van der Waals surface area contributed by atoms with Crippen molar-refractivity contribution in [3.8, 4) is 0 Å². The number of amides is 3. The molecule has 2 aliphatic heterocycles. The second-order valence-corrected chi connectivity index (χ2v) is 7.30. The summed E-state index contributed by atoms with van der Waals surface area (Å²) >= 11 is 7.93. The Bertz CT molecular complexity index is 820. The lowest BCUT2D eigenvalue weighted by Crippen LogP contribution is -2.46. The average molecular weight is 348 g/mol. The van der Waals surface area contributed by atoms with E-state index in [2.05, 4.69) is 10.3 Å². The quantitative estimate of drug-likeness (QED) is 0.670. The Morgan fingerprint density at radius 1 is 1.35 bits per heavy atom. The highest BCUT2D eigenvalue weighted by atomic mass is 35.5. The summed E-state index contributed by atoms with van der Waals surface area (Å²) < 4.78 is 0. The summed E-state index contributed by atoms with van der Waals surface area (Å²) in [5.74, 6) is 1.37. The van der Waals surface area contributed by atoms with Gasteiger partial charge in [-0.1, -0.05) is 29.8 Å². The van der Waals surface area contributed by atoms with Crippen LogP contribution in [0, 0.1) is 0 Å². The number of urea groups is 1. The molecule has 1 aromatic heterocycles. The molecule has 3 amide bonds. The van der Waals surface area contributed by atoms with Crippen molar-refractivity contribution in [2.75, 3.05) is 11.5 Å². The van der Waals surface area contributed by atoms with E-state index in [4.69, 9.17) is 11.6 Å². The van der Waals surface area contributed by atoms with Crippen LogP contribution in [0.3, 0.4) is 0 Å². The van der Waals surface area contributed by atoms with Crippen LogP contribution in [0.4, 0.5) is 4.79 Å². The van der Waals surface area contributed by atoms with E-state index < -0.39 is 5.54 Å². The molecule has 1 N–H and O–H groups in total. The summed E-state index contributed by atoms with van der Waals surface area (Å²) in [7, 11) is 0. The van der Waals surface area contributed by atoms with E-state index in [0.29, 0.717) is 22.9 Å². The number of nitrogens with one attached hydrogen (secondary N) is 1. The Kier molecular flexibility index (Phi) is 3.46. The molecule has 4 rings (SSSR count). The highest BCUT2D eigenvalue weighted by Gasteiger charge is 2.52. The van der Waals surface area contributed by atoms with Gasteiger partial charge in [-0.2, -0.15) is 11.8 Å². The van der Waals surface area contributed by atoms with Crippen molar-refractivity contribution in [2.24, 2.45) is 0 Å². The van der Waals surface area contributed by atoms with Gasteiger partial charge in [-0.15, -0.1) is 0 Å². The van der Waals surface area contributed by atoms with Crippen LogP contribution in [-0.4, -0.2) is 38.9 Å². The first-order valence-electron chi connectivity index (χ1n) is 7.35. The number of carbonyl (C=O) groups is 2. The van der Waals surface area contributed by atoms with Gasteiger partial charge < -0.3 is 5.32 Å². The van der Waals surface area contributed by atoms with Crippen molar-refractivity contribution in [3.05, 3.63) is 41.0 Å². The van der Waals surface area contributed by atoms with Crippen LogP contribution in [0.15, 0.2) is 30.3 Å². The van der Waals surface area contributed by atoms with Gasteiger partial charge in [0.15, 0.2) is 0 Å². The van der Waals surface area contributed by atoms with Crippen molar-refractivity contribution >= 4 is 46.2 Å². The van der Waals surface area contributed by atoms with Gasteiger partial charge in [0.25, 0.3) is 5.91 Å². The van der Waals surface area contributed by atoms with Crippen LogP contribution >= 0.6 is 23.4 Å². The lowest BCUT2D eigenvalue weighted by atomic mass is 9.99. The molecule has 0 saturated carbocycles. The number of hydrogen-bond donors (Lipinski definition) is 1. The minimum atomic E-state index is -0.724. The molecular formula is C16H14ClN3O2S. The molecule has 2 aliphatic rings. The molecule has 0 radical (unpaired) electrons. The Labute approximate surface area is 142 Å². The van der Waals surface area contributed by atoms with E-state index in [9.17, 15) is 9.59 Å². The van der Waals surface area contributed by atoms with Gasteiger partial charge in [0.2, 0.25) is 0 Å². The maximum Gasteiger partial charge on any atom is 0.325 e. The fourth-order valence-electron chi connectivity index (χ4n) is 3.07. The molecular weight excluding hydrogens is 334 g/mol. The monoisotopic (exact) mass is 347 g/mol. The van der Waals surface area contributed by atoms with E-state index in [1.165, 1.54) is 4.90 Å². The zero-order valence-corrected chi connectivity index (χ0v) is 13.8. The SMILES string of the molecule is O=C1NC2(CCSC2)C(=O)N1Cc1cc2ccccc2nc1Cl. The topological polar surface area (TPSA) is 62.3 Å². The molecule has 0 aliphatic carbocycles. The summed E-state index contributed by atoms with van der Waals surface area (Å²) in [6.45, 7) is 0.147. The van der Waals surface area contributed by atoms with Crippen molar-refractivity contribution in [2.45, 2.75) is 18.5 Å². The molecule has 3 heterocycles. The Morgan fingerprint density at radius 2 is 2.17 bits per heavy atom. The maximum atomic E-state index is 12.7. The van der Waals surface area contributed by atoms with Crippen LogP contribution < -0.4 is 5.32 Å². The molecule has 1 aromatic carbocycles. The number of imide groups is 1. The van der Waals surface area contributed by atoms with Gasteiger partial charge in [0.05, 0.1) is 12.1 Å². The number of para-hydroxylation sites is 1. The molecule has 2 fully saturated rings. The van der Waals surface area contributed by atoms with Crippen LogP contribution in [0.1, 0.15) is 12.0 Å². The van der Waals surface area contributed by atoms with Crippen LogP contribution in [0.5, 0.6) is 0 Å². The first-order chi connectivity index (χ1) is 11.1. The van der Waals surface area contributed by atoms with Crippen molar-refractivity contribution in [1.82, 2.24) is 15.2 Å². The van der Waals surface area contributed by atoms with E-state index in [1.807, 2.05) is 30.3 Å². The minimum absolute atomic E-state index is 0.147. The highest BCUT2D eigenvalue weighted by molar-refractivity contribution is 7.99. The number of hydrogen-bond acceptors (Lipinski definition) is 4. The summed E-state index contributed by atoms with van der Waals surface area (Å²) in [4.78, 5) is 30.5. The highest BCUT2D eigenvalue weighted by Crippen LogP contribution is 2.34. The van der Waals surface area contributed by atoms with Crippen LogP contribution in [0.25, 0.3) is 10.9 Å². The lowest BCUT2D eigenvalue weighted by molar-refractivity contribution is -0.130. The fourth-order valence-corrected chi connectivity index (χ4v) is 4.60. The number of pyridine rings is 1. The maximum absolute atomic E-state index is 12.7. The summed E-state index contributed by atoms with van der Waals surface area (Å²) in [6.07, 6.45) is 0.683. The van der Waals surface area contributed by atoms with Crippen LogP contribution in [-0.2, 0) is 11.3 Å². The third-order valence-corrected chi connectivity index (χ3v) is 5.86. The van der Waals surface area contributed by atoms with Crippen molar-refractivity contribution in [3.63, 3.8) is 0 Å². The summed E-state index contributed by atoms with van der Waals surface area (Å²) in [6, 6.07) is 9.16. The van der Waals surface area contributed by atoms with Crippen molar-refractivity contribution < 1.29 is 9.59 Å². The van der Waals surface area contributed by atoms with Crippen LogP contribution in [0.2, 0.25) is 5.15 Å². The number of halogens is 1. The molecule has 1 atom stereocenters. The van der Waals surface area contributed by atoms with Gasteiger partial charge in [0, 0.05) is 16.7 Å². The molecule has 23 heavy (non-hydrogen) atoms. The van der Waals surface area contributed by atoms with Gasteiger partial charge in [0.1, 0.15) is 10.7 Å². The minimum Gasteiger partial charge on any atom is -0.322 e. The molecule has 118 valence electrons. The molecule has 2 saturated heterocycles. The zero-order chi connectivity index (χ0) is 16.0. The molecule has 1 spiro atoms. The Morgan fingerprint density at radius 3 is 2.96 bits per heavy atom. The Balaban J connectivity index is 1.66. The third-order valence-electron chi connectivity index (χ3n) is 4.35. The lowest BCUT2D eigenvalue weighted by Gasteiger charge is -2.19. The normalized spacial score (nSPS) is 24.0. The van der Waals surface area contributed by atoms with Gasteiger partial charge in [-0.05, 0) is 24.3 Å². The molecule has 5 nitrogen and oxygen atoms in total. The molecule has 0 bridgehead atoms. The summed E-state index contributed by atoms with van der Waals surface area (Å²) in [5.41, 5.74) is 0.747. The van der Waals surface area contributed by atoms with E-state index in [0.717, 1.165) is 16.7 Å². The van der Waals surface area contributed by atoms with Crippen molar-refractivity contribution in [1.29, 1.82) is 0 Å².